The topological polar surface area (TPSA) is 117 Å². The van der Waals surface area contributed by atoms with Gasteiger partial charge in [0.25, 0.3) is 0 Å². The third kappa shape index (κ3) is 3.94. The lowest BCUT2D eigenvalue weighted by molar-refractivity contribution is -0.138. The van der Waals surface area contributed by atoms with Crippen LogP contribution in [0.5, 0.6) is 0 Å². The van der Waals surface area contributed by atoms with Crippen LogP contribution in [0.4, 0.5) is 11.9 Å². The third-order valence-corrected chi connectivity index (χ3v) is 4.61. The van der Waals surface area contributed by atoms with Gasteiger partial charge in [0.05, 0.1) is 5.57 Å². The van der Waals surface area contributed by atoms with Crippen molar-refractivity contribution in [3.05, 3.63) is 50.6 Å². The number of carbonyl (C=O) groups excluding carboxylic acids is 1. The molecule has 0 fully saturated rings. The van der Waals surface area contributed by atoms with Crippen molar-refractivity contribution in [2.24, 2.45) is 0 Å². The Bertz CT molecular complexity index is 840. The molecule has 7 nitrogen and oxygen atoms in total. The lowest BCUT2D eigenvalue weighted by Gasteiger charge is -2.07. The maximum Gasteiger partial charge on any atom is 0.340 e. The van der Waals surface area contributed by atoms with E-state index < -0.39 is 5.97 Å². The van der Waals surface area contributed by atoms with Crippen LogP contribution in [0.1, 0.15) is 15.6 Å². The lowest BCUT2D eigenvalue weighted by Crippen LogP contribution is -2.11. The molecule has 9 heteroatoms. The van der Waals surface area contributed by atoms with Crippen LogP contribution in [-0.4, -0.2) is 20.9 Å². The molecule has 0 aliphatic rings. The van der Waals surface area contributed by atoms with Crippen LogP contribution in [-0.2, 0) is 16.1 Å². The zero-order valence-corrected chi connectivity index (χ0v) is 14.0. The molecular formula is C15H13N5O2S2. The fourth-order valence-corrected chi connectivity index (χ4v) is 3.29. The Morgan fingerprint density at radius 3 is 2.42 bits per heavy atom. The summed E-state index contributed by atoms with van der Waals surface area (Å²) in [5.41, 5.74) is 11.5. The van der Waals surface area contributed by atoms with Gasteiger partial charge in [0.2, 0.25) is 11.9 Å². The first kappa shape index (κ1) is 16.1. The minimum atomic E-state index is -0.469. The molecule has 0 bridgehead atoms. The highest BCUT2D eigenvalue weighted by Gasteiger charge is 2.16. The second-order valence-electron chi connectivity index (χ2n) is 4.59. The van der Waals surface area contributed by atoms with Gasteiger partial charge < -0.3 is 16.2 Å². The van der Waals surface area contributed by atoms with Gasteiger partial charge in [0, 0.05) is 9.75 Å². The number of hydrogen-bond acceptors (Lipinski definition) is 9. The van der Waals surface area contributed by atoms with Gasteiger partial charge in [-0.15, -0.1) is 22.7 Å². The van der Waals surface area contributed by atoms with Crippen molar-refractivity contribution in [2.45, 2.75) is 6.61 Å². The Morgan fingerprint density at radius 2 is 1.79 bits per heavy atom. The first-order valence-electron chi connectivity index (χ1n) is 6.84. The Kier molecular flexibility index (Phi) is 4.82. The Hall–Kier alpha value is -2.78. The smallest absolute Gasteiger partial charge is 0.340 e. The van der Waals surface area contributed by atoms with Gasteiger partial charge >= 0.3 is 5.97 Å². The molecule has 0 saturated carbocycles. The minimum absolute atomic E-state index is 0.0128. The molecule has 4 N–H and O–H groups in total. The van der Waals surface area contributed by atoms with Crippen molar-refractivity contribution in [1.82, 2.24) is 15.0 Å². The molecule has 0 saturated heterocycles. The number of carbonyl (C=O) groups is 1. The van der Waals surface area contributed by atoms with Crippen LogP contribution in [0.15, 0.2) is 35.0 Å². The molecule has 3 aromatic rings. The van der Waals surface area contributed by atoms with E-state index in [1.54, 1.807) is 6.08 Å². The van der Waals surface area contributed by atoms with Gasteiger partial charge in [0.15, 0.2) is 12.4 Å². The molecule has 0 spiro atoms. The summed E-state index contributed by atoms with van der Waals surface area (Å²) in [6.07, 6.45) is 1.80. The molecule has 24 heavy (non-hydrogen) atoms. The fourth-order valence-electron chi connectivity index (χ4n) is 1.91. The van der Waals surface area contributed by atoms with E-state index in [2.05, 4.69) is 15.0 Å². The Morgan fingerprint density at radius 1 is 1.08 bits per heavy atom. The molecular weight excluding hydrogens is 346 g/mol. The summed E-state index contributed by atoms with van der Waals surface area (Å²) in [5.74, 6) is -0.291. The highest BCUT2D eigenvalue weighted by molar-refractivity contribution is 7.12. The number of hydrogen-bond donors (Lipinski definition) is 2. The lowest BCUT2D eigenvalue weighted by atomic mass is 10.2. The first-order valence-corrected chi connectivity index (χ1v) is 8.60. The Balaban J connectivity index is 1.79. The SMILES string of the molecule is Nc1nc(N)nc(COC(=O)/C(=C/c2cccs2)c2cccs2)n1. The van der Waals surface area contributed by atoms with E-state index in [9.17, 15) is 4.79 Å². The zero-order valence-electron chi connectivity index (χ0n) is 12.4. The monoisotopic (exact) mass is 359 g/mol. The predicted octanol–water partition coefficient (Wildman–Crippen LogP) is 2.44. The molecule has 0 unspecified atom stereocenters. The van der Waals surface area contributed by atoms with Crippen molar-refractivity contribution in [3.63, 3.8) is 0 Å². The maximum absolute atomic E-state index is 12.5. The van der Waals surface area contributed by atoms with Crippen LogP contribution in [0.25, 0.3) is 11.6 Å². The quantitative estimate of drug-likeness (QED) is 0.531. The van der Waals surface area contributed by atoms with Crippen LogP contribution >= 0.6 is 22.7 Å². The van der Waals surface area contributed by atoms with Crippen molar-refractivity contribution >= 4 is 52.2 Å². The van der Waals surface area contributed by atoms with Gasteiger partial charge in [-0.25, -0.2) is 4.79 Å². The summed E-state index contributed by atoms with van der Waals surface area (Å²) in [4.78, 5) is 25.7. The number of anilines is 2. The molecule has 122 valence electrons. The highest BCUT2D eigenvalue weighted by Crippen LogP contribution is 2.26. The van der Waals surface area contributed by atoms with Gasteiger partial charge in [-0.05, 0) is 29.0 Å². The van der Waals surface area contributed by atoms with Gasteiger partial charge in [-0.1, -0.05) is 12.1 Å². The van der Waals surface area contributed by atoms with Crippen LogP contribution in [0, 0.1) is 0 Å². The third-order valence-electron chi connectivity index (χ3n) is 2.89. The van der Waals surface area contributed by atoms with Gasteiger partial charge in [-0.3, -0.25) is 0 Å². The number of ether oxygens (including phenoxy) is 1. The number of nitrogens with two attached hydrogens (primary N) is 2. The van der Waals surface area contributed by atoms with E-state index in [4.69, 9.17) is 16.2 Å². The number of nitrogen functional groups attached to an aromatic ring is 2. The van der Waals surface area contributed by atoms with Gasteiger partial charge in [-0.2, -0.15) is 15.0 Å². The predicted molar refractivity (Wildman–Crippen MR) is 95.0 cm³/mol. The van der Waals surface area contributed by atoms with E-state index in [0.29, 0.717) is 5.57 Å². The second kappa shape index (κ2) is 7.20. The first-order chi connectivity index (χ1) is 11.6. The molecule has 3 rings (SSSR count). The number of aromatic nitrogens is 3. The summed E-state index contributed by atoms with van der Waals surface area (Å²) in [7, 11) is 0. The van der Waals surface area contributed by atoms with Crippen LogP contribution in [0.2, 0.25) is 0 Å². The molecule has 0 radical (unpaired) electrons. The summed E-state index contributed by atoms with van der Waals surface area (Å²) >= 11 is 3.00. The number of esters is 1. The number of thiophene rings is 2. The maximum atomic E-state index is 12.5. The standard InChI is InChI=1S/C15H13N5O2S2/c16-14-18-12(19-15(17)20-14)8-22-13(21)10(11-4-2-6-24-11)7-9-3-1-5-23-9/h1-7H,8H2,(H4,16,17,18,19,20)/b10-7+. The molecule has 3 aromatic heterocycles. The molecule has 0 aromatic carbocycles. The van der Waals surface area contributed by atoms with E-state index in [0.717, 1.165) is 9.75 Å². The van der Waals surface area contributed by atoms with Crippen molar-refractivity contribution in [3.8, 4) is 0 Å². The number of rotatable bonds is 5. The molecule has 0 amide bonds. The van der Waals surface area contributed by atoms with E-state index in [-0.39, 0.29) is 24.3 Å². The van der Waals surface area contributed by atoms with Crippen molar-refractivity contribution in [2.75, 3.05) is 11.5 Å². The van der Waals surface area contributed by atoms with Crippen LogP contribution in [0.3, 0.4) is 0 Å². The van der Waals surface area contributed by atoms with E-state index in [1.165, 1.54) is 22.7 Å². The Labute approximate surface area is 145 Å². The average Bonchev–Trinajstić information content (AvgIpc) is 3.22. The van der Waals surface area contributed by atoms with Gasteiger partial charge in [0.1, 0.15) is 0 Å². The minimum Gasteiger partial charge on any atom is -0.454 e. The van der Waals surface area contributed by atoms with Crippen molar-refractivity contribution in [1.29, 1.82) is 0 Å². The fraction of sp³-hybridized carbons (Fsp3) is 0.0667. The van der Waals surface area contributed by atoms with Crippen LogP contribution < -0.4 is 11.5 Å². The average molecular weight is 359 g/mol. The summed E-state index contributed by atoms with van der Waals surface area (Å²) in [6.45, 7) is -0.136. The summed E-state index contributed by atoms with van der Waals surface area (Å²) in [6, 6.07) is 7.59. The zero-order chi connectivity index (χ0) is 16.9. The summed E-state index contributed by atoms with van der Waals surface area (Å²) < 4.78 is 5.31. The van der Waals surface area contributed by atoms with E-state index in [1.807, 2.05) is 35.0 Å². The normalized spacial score (nSPS) is 11.4. The highest BCUT2D eigenvalue weighted by atomic mass is 32.1. The molecule has 0 atom stereocenters. The van der Waals surface area contributed by atoms with Crippen molar-refractivity contribution < 1.29 is 9.53 Å². The molecule has 0 aliphatic carbocycles. The number of nitrogens with zero attached hydrogens (tertiary/aromatic N) is 3. The summed E-state index contributed by atoms with van der Waals surface area (Å²) in [5, 5.41) is 3.85. The van der Waals surface area contributed by atoms with E-state index >= 15 is 0 Å². The molecule has 0 aliphatic heterocycles. The largest absolute Gasteiger partial charge is 0.454 e. The second-order valence-corrected chi connectivity index (χ2v) is 6.52. The molecule has 3 heterocycles.